The Labute approximate surface area is 144 Å². The van der Waals surface area contributed by atoms with Gasteiger partial charge >= 0.3 is 0 Å². The molecule has 2 aromatic carbocycles. The molecule has 1 N–H and O–H groups in total. The van der Waals surface area contributed by atoms with E-state index in [1.807, 2.05) is 18.2 Å². The zero-order valence-electron chi connectivity index (χ0n) is 12.8. The molecule has 0 spiro atoms. The van der Waals surface area contributed by atoms with Gasteiger partial charge in [-0.25, -0.2) is 4.98 Å². The SMILES string of the molecule is C=CCOc1cccc(NC(=O)c2ccc3nc(Cl)ccc3c2)c1. The lowest BCUT2D eigenvalue weighted by molar-refractivity contribution is 0.102. The van der Waals surface area contributed by atoms with Gasteiger partial charge in [-0.3, -0.25) is 4.79 Å². The van der Waals surface area contributed by atoms with Crippen molar-refractivity contribution in [2.24, 2.45) is 0 Å². The number of benzene rings is 2. The lowest BCUT2D eigenvalue weighted by atomic mass is 10.1. The van der Waals surface area contributed by atoms with Gasteiger partial charge in [0.2, 0.25) is 0 Å². The molecule has 1 aromatic heterocycles. The second-order valence-corrected chi connectivity index (χ2v) is 5.51. The predicted octanol–water partition coefficient (Wildman–Crippen LogP) is 4.71. The quantitative estimate of drug-likeness (QED) is 0.541. The first-order valence-corrected chi connectivity index (χ1v) is 7.75. The van der Waals surface area contributed by atoms with E-state index < -0.39 is 0 Å². The topological polar surface area (TPSA) is 51.2 Å². The minimum absolute atomic E-state index is 0.201. The number of pyridine rings is 1. The van der Waals surface area contributed by atoms with Gasteiger partial charge in [-0.1, -0.05) is 30.3 Å². The van der Waals surface area contributed by atoms with Crippen molar-refractivity contribution in [1.82, 2.24) is 4.98 Å². The third-order valence-electron chi connectivity index (χ3n) is 3.38. The highest BCUT2D eigenvalue weighted by Gasteiger charge is 2.08. The average molecular weight is 339 g/mol. The van der Waals surface area contributed by atoms with E-state index in [4.69, 9.17) is 16.3 Å². The molecule has 1 heterocycles. The van der Waals surface area contributed by atoms with Crippen molar-refractivity contribution in [2.45, 2.75) is 0 Å². The van der Waals surface area contributed by atoms with Gasteiger partial charge in [0.05, 0.1) is 5.52 Å². The van der Waals surface area contributed by atoms with Crippen LogP contribution in [-0.4, -0.2) is 17.5 Å². The number of anilines is 1. The fourth-order valence-electron chi connectivity index (χ4n) is 2.26. The first kappa shape index (κ1) is 16.0. The normalized spacial score (nSPS) is 10.4. The first-order valence-electron chi connectivity index (χ1n) is 7.37. The Morgan fingerprint density at radius 2 is 2.08 bits per heavy atom. The second kappa shape index (κ2) is 7.15. The summed E-state index contributed by atoms with van der Waals surface area (Å²) < 4.78 is 5.46. The number of carbonyl (C=O) groups is 1. The van der Waals surface area contributed by atoms with Gasteiger partial charge in [0.1, 0.15) is 17.5 Å². The first-order chi connectivity index (χ1) is 11.7. The van der Waals surface area contributed by atoms with Crippen molar-refractivity contribution in [1.29, 1.82) is 0 Å². The number of nitrogens with zero attached hydrogens (tertiary/aromatic N) is 1. The standard InChI is InChI=1S/C19H15ClN2O2/c1-2-10-24-16-5-3-4-15(12-16)21-19(23)14-6-8-17-13(11-14)7-9-18(20)22-17/h2-9,11-12H,1,10H2,(H,21,23). The van der Waals surface area contributed by atoms with Crippen molar-refractivity contribution in [2.75, 3.05) is 11.9 Å². The van der Waals surface area contributed by atoms with Crippen molar-refractivity contribution < 1.29 is 9.53 Å². The third-order valence-corrected chi connectivity index (χ3v) is 3.59. The molecule has 0 saturated carbocycles. The average Bonchev–Trinajstić information content (AvgIpc) is 2.59. The van der Waals surface area contributed by atoms with Gasteiger partial charge in [-0.2, -0.15) is 0 Å². The van der Waals surface area contributed by atoms with E-state index in [1.165, 1.54) is 0 Å². The number of rotatable bonds is 5. The maximum Gasteiger partial charge on any atom is 0.255 e. The summed E-state index contributed by atoms with van der Waals surface area (Å²) in [7, 11) is 0. The molecule has 0 fully saturated rings. The zero-order valence-corrected chi connectivity index (χ0v) is 13.6. The molecule has 24 heavy (non-hydrogen) atoms. The number of amides is 1. The number of aromatic nitrogens is 1. The summed E-state index contributed by atoms with van der Waals surface area (Å²) in [5.41, 5.74) is 1.96. The molecule has 3 rings (SSSR count). The molecule has 0 atom stereocenters. The fourth-order valence-corrected chi connectivity index (χ4v) is 2.42. The molecule has 0 saturated heterocycles. The summed E-state index contributed by atoms with van der Waals surface area (Å²) in [6, 6.07) is 16.0. The minimum Gasteiger partial charge on any atom is -0.489 e. The van der Waals surface area contributed by atoms with Gasteiger partial charge in [-0.15, -0.1) is 0 Å². The Kier molecular flexibility index (Phi) is 4.77. The number of hydrogen-bond acceptors (Lipinski definition) is 3. The summed E-state index contributed by atoms with van der Waals surface area (Å²) >= 11 is 5.87. The molecular formula is C19H15ClN2O2. The molecular weight excluding hydrogens is 324 g/mol. The van der Waals surface area contributed by atoms with E-state index >= 15 is 0 Å². The Bertz CT molecular complexity index is 909. The number of nitrogens with one attached hydrogen (secondary N) is 1. The van der Waals surface area contributed by atoms with Crippen LogP contribution in [0.2, 0.25) is 5.15 Å². The van der Waals surface area contributed by atoms with E-state index in [1.54, 1.807) is 42.5 Å². The van der Waals surface area contributed by atoms with Crippen molar-refractivity contribution >= 4 is 34.1 Å². The van der Waals surface area contributed by atoms with Crippen molar-refractivity contribution in [3.05, 3.63) is 78.0 Å². The molecule has 0 unspecified atom stereocenters. The van der Waals surface area contributed by atoms with Crippen LogP contribution >= 0.6 is 11.6 Å². The summed E-state index contributed by atoms with van der Waals surface area (Å²) in [5.74, 6) is 0.470. The molecule has 4 nitrogen and oxygen atoms in total. The van der Waals surface area contributed by atoms with Crippen LogP contribution < -0.4 is 10.1 Å². The molecule has 0 aliphatic carbocycles. The Morgan fingerprint density at radius 1 is 1.21 bits per heavy atom. The minimum atomic E-state index is -0.201. The zero-order chi connectivity index (χ0) is 16.9. The molecule has 120 valence electrons. The van der Waals surface area contributed by atoms with E-state index in [2.05, 4.69) is 16.9 Å². The number of ether oxygens (including phenoxy) is 1. The molecule has 0 bridgehead atoms. The monoisotopic (exact) mass is 338 g/mol. The van der Waals surface area contributed by atoms with Crippen LogP contribution in [-0.2, 0) is 0 Å². The van der Waals surface area contributed by atoms with Crippen LogP contribution in [0.1, 0.15) is 10.4 Å². The molecule has 1 amide bonds. The van der Waals surface area contributed by atoms with E-state index in [0.717, 1.165) is 10.9 Å². The summed E-state index contributed by atoms with van der Waals surface area (Å²) in [5, 5.41) is 4.14. The van der Waals surface area contributed by atoms with Crippen LogP contribution in [0.25, 0.3) is 10.9 Å². The van der Waals surface area contributed by atoms with Gasteiger partial charge in [0.25, 0.3) is 5.91 Å². The summed E-state index contributed by atoms with van der Waals surface area (Å²) in [6.07, 6.45) is 1.67. The number of halogens is 1. The highest BCUT2D eigenvalue weighted by molar-refractivity contribution is 6.29. The lowest BCUT2D eigenvalue weighted by Gasteiger charge is -2.08. The van der Waals surface area contributed by atoms with Gasteiger partial charge in [-0.05, 0) is 42.5 Å². The van der Waals surface area contributed by atoms with E-state index in [9.17, 15) is 4.79 Å². The number of fused-ring (bicyclic) bond motifs is 1. The predicted molar refractivity (Wildman–Crippen MR) is 96.8 cm³/mol. The summed E-state index contributed by atoms with van der Waals surface area (Å²) in [6.45, 7) is 4.02. The van der Waals surface area contributed by atoms with Crippen LogP contribution in [0.5, 0.6) is 5.75 Å². The van der Waals surface area contributed by atoms with E-state index in [0.29, 0.717) is 28.8 Å². The van der Waals surface area contributed by atoms with Crippen LogP contribution in [0.3, 0.4) is 0 Å². The van der Waals surface area contributed by atoms with Crippen molar-refractivity contribution in [3.63, 3.8) is 0 Å². The van der Waals surface area contributed by atoms with Crippen LogP contribution in [0.4, 0.5) is 5.69 Å². The van der Waals surface area contributed by atoms with Crippen molar-refractivity contribution in [3.8, 4) is 5.75 Å². The molecule has 3 aromatic rings. The molecule has 0 radical (unpaired) electrons. The Morgan fingerprint density at radius 3 is 2.92 bits per heavy atom. The van der Waals surface area contributed by atoms with Crippen LogP contribution in [0.15, 0.2) is 67.3 Å². The largest absolute Gasteiger partial charge is 0.489 e. The van der Waals surface area contributed by atoms with E-state index in [-0.39, 0.29) is 5.91 Å². The fraction of sp³-hybridized carbons (Fsp3) is 0.0526. The maximum atomic E-state index is 12.4. The molecule has 0 aliphatic heterocycles. The van der Waals surface area contributed by atoms with Gasteiger partial charge < -0.3 is 10.1 Å². The number of carbonyl (C=O) groups excluding carboxylic acids is 1. The highest BCUT2D eigenvalue weighted by Crippen LogP contribution is 2.20. The maximum absolute atomic E-state index is 12.4. The van der Waals surface area contributed by atoms with Gasteiger partial charge in [0, 0.05) is 22.7 Å². The highest BCUT2D eigenvalue weighted by atomic mass is 35.5. The molecule has 5 heteroatoms. The van der Waals surface area contributed by atoms with Gasteiger partial charge in [0.15, 0.2) is 0 Å². The van der Waals surface area contributed by atoms with Crippen LogP contribution in [0, 0.1) is 0 Å². The smallest absolute Gasteiger partial charge is 0.255 e. The Hall–Kier alpha value is -2.85. The molecule has 0 aliphatic rings. The Balaban J connectivity index is 1.79. The number of hydrogen-bond donors (Lipinski definition) is 1. The lowest BCUT2D eigenvalue weighted by Crippen LogP contribution is -2.11. The second-order valence-electron chi connectivity index (χ2n) is 5.12. The summed E-state index contributed by atoms with van der Waals surface area (Å²) in [4.78, 5) is 16.6. The third kappa shape index (κ3) is 3.73.